The summed E-state index contributed by atoms with van der Waals surface area (Å²) in [6.45, 7) is 10.8. The molecule has 1 saturated heterocycles. The van der Waals surface area contributed by atoms with Crippen molar-refractivity contribution in [2.45, 2.75) is 45.4 Å². The van der Waals surface area contributed by atoms with Gasteiger partial charge in [-0.1, -0.05) is 30.3 Å². The van der Waals surface area contributed by atoms with Crippen molar-refractivity contribution >= 4 is 0 Å². The molecule has 3 rings (SSSR count). The smallest absolute Gasteiger partial charge is 0.111 e. The summed E-state index contributed by atoms with van der Waals surface area (Å²) in [5.41, 5.74) is 2.48. The summed E-state index contributed by atoms with van der Waals surface area (Å²) in [7, 11) is 0. The standard InChI is InChI=1S/C20H27N5/c1-20(2,3)25-15-18(12-22-25)13-23-9-10-24(19(11-21)16-23)14-17-7-5-4-6-8-17/h4-8,12,15,19H,9-10,13-14,16H2,1-3H3/t19-/m0/s1. The number of hydrogen-bond donors (Lipinski definition) is 0. The van der Waals surface area contributed by atoms with Crippen molar-refractivity contribution < 1.29 is 0 Å². The molecule has 25 heavy (non-hydrogen) atoms. The van der Waals surface area contributed by atoms with Gasteiger partial charge in [0.2, 0.25) is 0 Å². The molecule has 0 amide bonds. The average Bonchev–Trinajstić information content (AvgIpc) is 3.06. The fourth-order valence-corrected chi connectivity index (χ4v) is 3.22. The van der Waals surface area contributed by atoms with E-state index in [1.807, 2.05) is 16.9 Å². The number of aromatic nitrogens is 2. The Morgan fingerprint density at radius 1 is 1.12 bits per heavy atom. The molecule has 1 fully saturated rings. The van der Waals surface area contributed by atoms with Crippen molar-refractivity contribution in [3.05, 3.63) is 53.9 Å². The maximum atomic E-state index is 9.60. The fraction of sp³-hybridized carbons (Fsp3) is 0.500. The zero-order valence-corrected chi connectivity index (χ0v) is 15.4. The molecule has 0 bridgehead atoms. The Balaban J connectivity index is 1.60. The van der Waals surface area contributed by atoms with Gasteiger partial charge >= 0.3 is 0 Å². The van der Waals surface area contributed by atoms with Crippen LogP contribution in [-0.2, 0) is 18.6 Å². The molecule has 1 atom stereocenters. The molecule has 132 valence electrons. The molecule has 0 radical (unpaired) electrons. The van der Waals surface area contributed by atoms with Crippen LogP contribution in [0.4, 0.5) is 0 Å². The van der Waals surface area contributed by atoms with E-state index in [2.05, 4.69) is 72.2 Å². The minimum absolute atomic E-state index is 0.00181. The molecule has 1 aliphatic heterocycles. The fourth-order valence-electron chi connectivity index (χ4n) is 3.22. The van der Waals surface area contributed by atoms with Crippen LogP contribution in [0.25, 0.3) is 0 Å². The predicted octanol–water partition coefficient (Wildman–Crippen LogP) is 2.85. The van der Waals surface area contributed by atoms with Crippen LogP contribution in [0.5, 0.6) is 0 Å². The zero-order valence-electron chi connectivity index (χ0n) is 15.4. The Morgan fingerprint density at radius 3 is 2.52 bits per heavy atom. The van der Waals surface area contributed by atoms with Crippen LogP contribution >= 0.6 is 0 Å². The molecule has 2 heterocycles. The minimum atomic E-state index is -0.0633. The van der Waals surface area contributed by atoms with E-state index in [4.69, 9.17) is 0 Å². The Kier molecular flexibility index (Phi) is 5.22. The van der Waals surface area contributed by atoms with E-state index in [-0.39, 0.29) is 11.6 Å². The second-order valence-electron chi connectivity index (χ2n) is 7.80. The van der Waals surface area contributed by atoms with Crippen LogP contribution < -0.4 is 0 Å². The summed E-state index contributed by atoms with van der Waals surface area (Å²) >= 11 is 0. The lowest BCUT2D eigenvalue weighted by atomic mass is 10.1. The van der Waals surface area contributed by atoms with Crippen LogP contribution in [0.3, 0.4) is 0 Å². The Bertz CT molecular complexity index is 723. The van der Waals surface area contributed by atoms with E-state index in [9.17, 15) is 5.26 Å². The second-order valence-corrected chi connectivity index (χ2v) is 7.80. The zero-order chi connectivity index (χ0) is 17.9. The molecule has 5 heteroatoms. The van der Waals surface area contributed by atoms with Gasteiger partial charge in [0.25, 0.3) is 0 Å². The minimum Gasteiger partial charge on any atom is -0.295 e. The quantitative estimate of drug-likeness (QED) is 0.861. The van der Waals surface area contributed by atoms with Gasteiger partial charge in [0.15, 0.2) is 0 Å². The van der Waals surface area contributed by atoms with Crippen molar-refractivity contribution in [1.82, 2.24) is 19.6 Å². The van der Waals surface area contributed by atoms with Crippen LogP contribution in [-0.4, -0.2) is 45.3 Å². The number of nitrogens with zero attached hydrogens (tertiary/aromatic N) is 5. The summed E-state index contributed by atoms with van der Waals surface area (Å²) in [5, 5.41) is 14.1. The number of nitriles is 1. The first-order valence-corrected chi connectivity index (χ1v) is 8.90. The Morgan fingerprint density at radius 2 is 1.88 bits per heavy atom. The molecule has 1 aliphatic rings. The summed E-state index contributed by atoms with van der Waals surface area (Å²) < 4.78 is 2.01. The molecular formula is C20H27N5. The lowest BCUT2D eigenvalue weighted by molar-refractivity contribution is 0.0901. The van der Waals surface area contributed by atoms with Gasteiger partial charge in [-0.15, -0.1) is 0 Å². The molecule has 1 aromatic carbocycles. The van der Waals surface area contributed by atoms with Crippen LogP contribution in [0.1, 0.15) is 31.9 Å². The molecule has 0 aliphatic carbocycles. The third-order valence-electron chi connectivity index (χ3n) is 4.68. The van der Waals surface area contributed by atoms with Crippen LogP contribution in [0.15, 0.2) is 42.7 Å². The molecule has 2 aromatic rings. The highest BCUT2D eigenvalue weighted by molar-refractivity contribution is 5.15. The highest BCUT2D eigenvalue weighted by Gasteiger charge is 2.27. The maximum absolute atomic E-state index is 9.60. The van der Waals surface area contributed by atoms with Crippen molar-refractivity contribution in [2.24, 2.45) is 0 Å². The molecule has 1 aromatic heterocycles. The summed E-state index contributed by atoms with van der Waals surface area (Å²) in [6, 6.07) is 12.8. The SMILES string of the molecule is CC(C)(C)n1cc(CN2CCN(Cc3ccccc3)[C@@H](C#N)C2)cn1. The first-order valence-electron chi connectivity index (χ1n) is 8.90. The number of hydrogen-bond acceptors (Lipinski definition) is 4. The largest absolute Gasteiger partial charge is 0.295 e. The second kappa shape index (κ2) is 7.38. The van der Waals surface area contributed by atoms with Crippen molar-refractivity contribution in [2.75, 3.05) is 19.6 Å². The van der Waals surface area contributed by atoms with Gasteiger partial charge in [0.05, 0.1) is 17.8 Å². The monoisotopic (exact) mass is 337 g/mol. The highest BCUT2D eigenvalue weighted by atomic mass is 15.3. The average molecular weight is 337 g/mol. The summed E-state index contributed by atoms with van der Waals surface area (Å²) in [4.78, 5) is 4.64. The first kappa shape index (κ1) is 17.7. The van der Waals surface area contributed by atoms with Gasteiger partial charge in [0.1, 0.15) is 6.04 Å². The number of rotatable bonds is 4. The van der Waals surface area contributed by atoms with Gasteiger partial charge in [-0.2, -0.15) is 10.4 Å². The number of benzene rings is 1. The summed E-state index contributed by atoms with van der Waals surface area (Å²) in [6.07, 6.45) is 4.07. The molecule has 5 nitrogen and oxygen atoms in total. The third-order valence-corrected chi connectivity index (χ3v) is 4.68. The van der Waals surface area contributed by atoms with Gasteiger partial charge in [0, 0.05) is 44.5 Å². The molecule has 0 N–H and O–H groups in total. The van der Waals surface area contributed by atoms with E-state index < -0.39 is 0 Å². The van der Waals surface area contributed by atoms with Gasteiger partial charge in [-0.05, 0) is 26.3 Å². The highest BCUT2D eigenvalue weighted by Crippen LogP contribution is 2.18. The van der Waals surface area contributed by atoms with E-state index in [0.717, 1.165) is 32.7 Å². The maximum Gasteiger partial charge on any atom is 0.111 e. The molecule has 0 unspecified atom stereocenters. The Hall–Kier alpha value is -2.16. The van der Waals surface area contributed by atoms with Crippen molar-refractivity contribution in [1.29, 1.82) is 5.26 Å². The van der Waals surface area contributed by atoms with Crippen molar-refractivity contribution in [3.8, 4) is 6.07 Å². The lowest BCUT2D eigenvalue weighted by Gasteiger charge is -2.38. The van der Waals surface area contributed by atoms with E-state index in [1.165, 1.54) is 11.1 Å². The van der Waals surface area contributed by atoms with Gasteiger partial charge in [-0.3, -0.25) is 14.5 Å². The van der Waals surface area contributed by atoms with Crippen molar-refractivity contribution in [3.63, 3.8) is 0 Å². The Labute approximate surface area is 150 Å². The normalized spacial score (nSPS) is 19.7. The van der Waals surface area contributed by atoms with E-state index in [1.54, 1.807) is 0 Å². The van der Waals surface area contributed by atoms with Gasteiger partial charge < -0.3 is 0 Å². The van der Waals surface area contributed by atoms with Crippen LogP contribution in [0.2, 0.25) is 0 Å². The molecular weight excluding hydrogens is 310 g/mol. The molecule has 0 saturated carbocycles. The summed E-state index contributed by atoms with van der Waals surface area (Å²) in [5.74, 6) is 0. The third kappa shape index (κ3) is 4.47. The number of piperazine rings is 1. The lowest BCUT2D eigenvalue weighted by Crippen LogP contribution is -2.51. The molecule has 0 spiro atoms. The topological polar surface area (TPSA) is 48.1 Å². The first-order chi connectivity index (χ1) is 12.0. The van der Waals surface area contributed by atoms with E-state index >= 15 is 0 Å². The van der Waals surface area contributed by atoms with E-state index in [0.29, 0.717) is 0 Å². The predicted molar refractivity (Wildman–Crippen MR) is 98.8 cm³/mol. The van der Waals surface area contributed by atoms with Gasteiger partial charge in [-0.25, -0.2) is 0 Å². The van der Waals surface area contributed by atoms with Crippen LogP contribution in [0, 0.1) is 11.3 Å².